The van der Waals surface area contributed by atoms with Gasteiger partial charge in [0.25, 0.3) is 0 Å². The lowest BCUT2D eigenvalue weighted by molar-refractivity contribution is 0.575. The number of aryl methyl sites for hydroxylation is 1. The molecule has 0 amide bonds. The molecule has 2 nitrogen and oxygen atoms in total. The number of aromatic nitrogens is 1. The third-order valence-corrected chi connectivity index (χ3v) is 3.71. The Kier molecular flexibility index (Phi) is 3.67. The molecule has 1 aromatic heterocycles. The van der Waals surface area contributed by atoms with Gasteiger partial charge < -0.3 is 5.32 Å². The van der Waals surface area contributed by atoms with Gasteiger partial charge >= 0.3 is 0 Å². The molecule has 0 aliphatic rings. The smallest absolute Gasteiger partial charge is 0.128 e. The van der Waals surface area contributed by atoms with Crippen molar-refractivity contribution in [2.45, 2.75) is 13.0 Å². The molecule has 21 heavy (non-hydrogen) atoms. The normalized spacial score (nSPS) is 12.5. The average molecular weight is 280 g/mol. The largest absolute Gasteiger partial charge is 0.309 e. The van der Waals surface area contributed by atoms with Crippen molar-refractivity contribution in [2.75, 3.05) is 7.05 Å². The fourth-order valence-corrected chi connectivity index (χ4v) is 2.65. The molecule has 0 aliphatic heterocycles. The highest BCUT2D eigenvalue weighted by molar-refractivity contribution is 5.79. The van der Waals surface area contributed by atoms with Gasteiger partial charge in [0.15, 0.2) is 0 Å². The van der Waals surface area contributed by atoms with E-state index in [1.54, 1.807) is 12.3 Å². The molecule has 0 saturated heterocycles. The fourth-order valence-electron chi connectivity index (χ4n) is 2.65. The van der Waals surface area contributed by atoms with Crippen LogP contribution < -0.4 is 5.32 Å². The minimum Gasteiger partial charge on any atom is -0.309 e. The molecule has 0 radical (unpaired) electrons. The van der Waals surface area contributed by atoms with Crippen molar-refractivity contribution in [1.82, 2.24) is 10.3 Å². The zero-order valence-electron chi connectivity index (χ0n) is 12.1. The molecule has 0 spiro atoms. The van der Waals surface area contributed by atoms with Crippen LogP contribution in [0.3, 0.4) is 0 Å². The number of rotatable bonds is 3. The summed E-state index contributed by atoms with van der Waals surface area (Å²) in [6.07, 6.45) is 1.77. The molecule has 3 rings (SSSR count). The number of hydrogen-bond acceptors (Lipinski definition) is 2. The second kappa shape index (κ2) is 5.62. The number of benzene rings is 2. The molecular formula is C18H17FN2. The molecule has 0 aliphatic carbocycles. The SMILES string of the molecule is CNC(c1ccc2cccnc2c1)c1cc(C)ccc1F. The quantitative estimate of drug-likeness (QED) is 0.784. The van der Waals surface area contributed by atoms with Crippen molar-refractivity contribution < 1.29 is 4.39 Å². The van der Waals surface area contributed by atoms with E-state index in [0.29, 0.717) is 5.56 Å². The van der Waals surface area contributed by atoms with Crippen LogP contribution in [0, 0.1) is 12.7 Å². The number of hydrogen-bond donors (Lipinski definition) is 1. The zero-order chi connectivity index (χ0) is 14.8. The van der Waals surface area contributed by atoms with Crippen LogP contribution in [-0.4, -0.2) is 12.0 Å². The van der Waals surface area contributed by atoms with Crippen molar-refractivity contribution in [3.63, 3.8) is 0 Å². The summed E-state index contributed by atoms with van der Waals surface area (Å²) in [6, 6.07) is 15.0. The molecule has 0 bridgehead atoms. The molecule has 1 heterocycles. The summed E-state index contributed by atoms with van der Waals surface area (Å²) in [4.78, 5) is 4.37. The Bertz CT molecular complexity index is 783. The van der Waals surface area contributed by atoms with Gasteiger partial charge in [0.2, 0.25) is 0 Å². The number of halogens is 1. The van der Waals surface area contributed by atoms with E-state index < -0.39 is 0 Å². The summed E-state index contributed by atoms with van der Waals surface area (Å²) in [7, 11) is 1.84. The summed E-state index contributed by atoms with van der Waals surface area (Å²) < 4.78 is 14.2. The topological polar surface area (TPSA) is 24.9 Å². The van der Waals surface area contributed by atoms with Crippen LogP contribution in [-0.2, 0) is 0 Å². The predicted octanol–water partition coefficient (Wildman–Crippen LogP) is 3.99. The van der Waals surface area contributed by atoms with Crippen molar-refractivity contribution >= 4 is 10.9 Å². The molecular weight excluding hydrogens is 263 g/mol. The molecule has 3 heteroatoms. The van der Waals surface area contributed by atoms with E-state index >= 15 is 0 Å². The number of nitrogens with zero attached hydrogens (tertiary/aromatic N) is 1. The first kappa shape index (κ1) is 13.7. The minimum atomic E-state index is -0.193. The van der Waals surface area contributed by atoms with E-state index in [2.05, 4.69) is 10.3 Å². The van der Waals surface area contributed by atoms with E-state index in [0.717, 1.165) is 22.0 Å². The van der Waals surface area contributed by atoms with Crippen LogP contribution in [0.2, 0.25) is 0 Å². The van der Waals surface area contributed by atoms with Gasteiger partial charge in [0, 0.05) is 17.1 Å². The second-order valence-electron chi connectivity index (χ2n) is 5.20. The first-order chi connectivity index (χ1) is 10.2. The van der Waals surface area contributed by atoms with Crippen LogP contribution in [0.5, 0.6) is 0 Å². The maximum Gasteiger partial charge on any atom is 0.128 e. The maximum atomic E-state index is 14.2. The molecule has 0 saturated carbocycles. The monoisotopic (exact) mass is 280 g/mol. The van der Waals surface area contributed by atoms with E-state index in [-0.39, 0.29) is 11.9 Å². The summed E-state index contributed by atoms with van der Waals surface area (Å²) >= 11 is 0. The van der Waals surface area contributed by atoms with E-state index in [1.807, 2.05) is 50.4 Å². The molecule has 1 atom stereocenters. The van der Waals surface area contributed by atoms with Crippen molar-refractivity contribution in [1.29, 1.82) is 0 Å². The molecule has 2 aromatic carbocycles. The third-order valence-electron chi connectivity index (χ3n) is 3.71. The lowest BCUT2D eigenvalue weighted by atomic mass is 9.96. The highest BCUT2D eigenvalue weighted by Crippen LogP contribution is 2.27. The molecule has 1 unspecified atom stereocenters. The number of nitrogens with one attached hydrogen (secondary N) is 1. The van der Waals surface area contributed by atoms with Crippen LogP contribution in [0.25, 0.3) is 10.9 Å². The summed E-state index contributed by atoms with van der Waals surface area (Å²) in [5.41, 5.74) is 3.63. The Morgan fingerprint density at radius 2 is 1.95 bits per heavy atom. The second-order valence-corrected chi connectivity index (χ2v) is 5.20. The number of fused-ring (bicyclic) bond motifs is 1. The average Bonchev–Trinajstić information content (AvgIpc) is 2.51. The van der Waals surface area contributed by atoms with Gasteiger partial charge in [-0.15, -0.1) is 0 Å². The van der Waals surface area contributed by atoms with Crippen LogP contribution >= 0.6 is 0 Å². The van der Waals surface area contributed by atoms with Gasteiger partial charge in [-0.05, 0) is 37.7 Å². The lowest BCUT2D eigenvalue weighted by Crippen LogP contribution is -2.19. The standard InChI is InChI=1S/C18H17FN2/c1-12-5-8-16(19)15(10-12)18(20-2)14-7-6-13-4-3-9-21-17(13)11-14/h3-11,18,20H,1-2H3. The Hall–Kier alpha value is -2.26. The van der Waals surface area contributed by atoms with Gasteiger partial charge in [-0.2, -0.15) is 0 Å². The Labute approximate surface area is 123 Å². The van der Waals surface area contributed by atoms with Gasteiger partial charge in [-0.1, -0.05) is 35.9 Å². The van der Waals surface area contributed by atoms with Crippen molar-refractivity contribution in [2.24, 2.45) is 0 Å². The summed E-state index contributed by atoms with van der Waals surface area (Å²) in [5.74, 6) is -0.193. The maximum absolute atomic E-state index is 14.2. The Balaban J connectivity index is 2.11. The third kappa shape index (κ3) is 2.65. The van der Waals surface area contributed by atoms with E-state index in [4.69, 9.17) is 0 Å². The molecule has 1 N–H and O–H groups in total. The van der Waals surface area contributed by atoms with Crippen LogP contribution in [0.15, 0.2) is 54.7 Å². The van der Waals surface area contributed by atoms with Crippen molar-refractivity contribution in [3.05, 3.63) is 77.2 Å². The minimum absolute atomic E-state index is 0.184. The highest BCUT2D eigenvalue weighted by atomic mass is 19.1. The Morgan fingerprint density at radius 3 is 2.76 bits per heavy atom. The van der Waals surface area contributed by atoms with Gasteiger partial charge in [-0.3, -0.25) is 4.98 Å². The van der Waals surface area contributed by atoms with Gasteiger partial charge in [-0.25, -0.2) is 4.39 Å². The Morgan fingerprint density at radius 1 is 1.10 bits per heavy atom. The van der Waals surface area contributed by atoms with E-state index in [1.165, 1.54) is 6.07 Å². The van der Waals surface area contributed by atoms with Crippen molar-refractivity contribution in [3.8, 4) is 0 Å². The molecule has 106 valence electrons. The first-order valence-corrected chi connectivity index (χ1v) is 6.97. The van der Waals surface area contributed by atoms with Gasteiger partial charge in [0.1, 0.15) is 5.82 Å². The summed E-state index contributed by atoms with van der Waals surface area (Å²) in [5, 5.41) is 4.28. The fraction of sp³-hybridized carbons (Fsp3) is 0.167. The van der Waals surface area contributed by atoms with E-state index in [9.17, 15) is 4.39 Å². The first-order valence-electron chi connectivity index (χ1n) is 6.97. The summed E-state index contributed by atoms with van der Waals surface area (Å²) in [6.45, 7) is 1.97. The predicted molar refractivity (Wildman–Crippen MR) is 83.8 cm³/mol. The highest BCUT2D eigenvalue weighted by Gasteiger charge is 2.16. The van der Waals surface area contributed by atoms with Gasteiger partial charge in [0.05, 0.1) is 11.6 Å². The molecule has 3 aromatic rings. The lowest BCUT2D eigenvalue weighted by Gasteiger charge is -2.19. The zero-order valence-corrected chi connectivity index (χ0v) is 12.1. The van der Waals surface area contributed by atoms with Crippen LogP contribution in [0.4, 0.5) is 4.39 Å². The number of pyridine rings is 1. The van der Waals surface area contributed by atoms with Crippen LogP contribution in [0.1, 0.15) is 22.7 Å². The molecule has 0 fully saturated rings.